The van der Waals surface area contributed by atoms with Crippen LogP contribution in [0.4, 0.5) is 0 Å². The predicted molar refractivity (Wildman–Crippen MR) is 157 cm³/mol. The van der Waals surface area contributed by atoms with Gasteiger partial charge in [0.05, 0.1) is 18.4 Å². The summed E-state index contributed by atoms with van der Waals surface area (Å²) in [6.07, 6.45) is 0.773. The van der Waals surface area contributed by atoms with Crippen molar-refractivity contribution in [1.82, 2.24) is 4.98 Å². The first kappa shape index (κ1) is 29.6. The van der Waals surface area contributed by atoms with Gasteiger partial charge in [-0.15, -0.1) is 0 Å². The van der Waals surface area contributed by atoms with E-state index in [1.54, 1.807) is 19.9 Å². The molecule has 1 unspecified atom stereocenters. The van der Waals surface area contributed by atoms with Crippen molar-refractivity contribution < 1.29 is 28.6 Å². The van der Waals surface area contributed by atoms with E-state index < -0.39 is 18.0 Å². The van der Waals surface area contributed by atoms with E-state index in [1.807, 2.05) is 49.4 Å². The summed E-state index contributed by atoms with van der Waals surface area (Å²) in [7, 11) is 0. The number of esters is 1. The van der Waals surface area contributed by atoms with Gasteiger partial charge in [-0.3, -0.25) is 9.59 Å². The van der Waals surface area contributed by atoms with Crippen LogP contribution in [0, 0.1) is 6.92 Å². The number of aromatic nitrogens is 1. The van der Waals surface area contributed by atoms with Crippen molar-refractivity contribution in [2.45, 2.75) is 58.6 Å². The third-order valence-electron chi connectivity index (χ3n) is 6.62. The molecule has 0 radical (unpaired) electrons. The highest BCUT2D eigenvalue weighted by molar-refractivity contribution is 5.76. The maximum Gasteiger partial charge on any atom is 0.323 e. The molecule has 0 spiro atoms. The average molecular weight is 557 g/mol. The molecule has 0 fully saturated rings. The van der Waals surface area contributed by atoms with Crippen molar-refractivity contribution in [1.29, 1.82) is 0 Å². The molecule has 4 rings (SSSR count). The van der Waals surface area contributed by atoms with Crippen LogP contribution in [-0.4, -0.2) is 40.8 Å². The van der Waals surface area contributed by atoms with Crippen LogP contribution >= 0.6 is 0 Å². The van der Waals surface area contributed by atoms with Crippen LogP contribution in [0.2, 0.25) is 0 Å². The number of carbonyl (C=O) groups excluding carboxylic acids is 1. The number of nitrogens with zero attached hydrogens (tertiary/aromatic N) is 1. The Morgan fingerprint density at radius 2 is 1.61 bits per heavy atom. The number of carboxylic acid groups (broad SMARTS) is 1. The van der Waals surface area contributed by atoms with Gasteiger partial charge in [0, 0.05) is 18.4 Å². The minimum atomic E-state index is -0.894. The highest BCUT2D eigenvalue weighted by Gasteiger charge is 2.20. The Morgan fingerprint density at radius 1 is 0.927 bits per heavy atom. The first-order valence-electron chi connectivity index (χ1n) is 13.7. The molecule has 41 heavy (non-hydrogen) atoms. The number of ether oxygens (including phenoxy) is 2. The van der Waals surface area contributed by atoms with Gasteiger partial charge in [0.1, 0.15) is 17.6 Å². The van der Waals surface area contributed by atoms with Crippen LogP contribution < -0.4 is 10.5 Å². The standard InChI is InChI=1S/C33H36N2O6/c1-21(2)40-33(38)29(34)20-27-19-28(15-13-25(27)14-16-31(36)37)39-18-17-30-22(3)41-32(35-30)26-11-9-24(10-12-26)23-7-5-4-6-8-23/h4-13,15,19,21,29H,14,16-18,20,34H2,1-3H3,(H,36,37). The van der Waals surface area contributed by atoms with Crippen molar-refractivity contribution >= 4 is 11.9 Å². The van der Waals surface area contributed by atoms with Gasteiger partial charge in [-0.25, -0.2) is 4.98 Å². The molecular weight excluding hydrogens is 520 g/mol. The van der Waals surface area contributed by atoms with E-state index in [0.717, 1.165) is 39.3 Å². The van der Waals surface area contributed by atoms with Gasteiger partial charge in [-0.1, -0.05) is 48.5 Å². The molecule has 0 aliphatic rings. The third kappa shape index (κ3) is 8.28. The first-order valence-corrected chi connectivity index (χ1v) is 13.7. The first-order chi connectivity index (χ1) is 19.7. The summed E-state index contributed by atoms with van der Waals surface area (Å²) < 4.78 is 17.2. The summed E-state index contributed by atoms with van der Waals surface area (Å²) in [5.41, 5.74) is 11.6. The summed E-state index contributed by atoms with van der Waals surface area (Å²) in [5, 5.41) is 9.13. The van der Waals surface area contributed by atoms with E-state index in [2.05, 4.69) is 24.3 Å². The average Bonchev–Trinajstić information content (AvgIpc) is 3.32. The van der Waals surface area contributed by atoms with Crippen LogP contribution in [0.25, 0.3) is 22.6 Å². The van der Waals surface area contributed by atoms with Gasteiger partial charge in [0.15, 0.2) is 0 Å². The fourth-order valence-corrected chi connectivity index (χ4v) is 4.49. The predicted octanol–water partition coefficient (Wildman–Crippen LogP) is 5.78. The maximum atomic E-state index is 12.3. The van der Waals surface area contributed by atoms with Gasteiger partial charge < -0.3 is 24.7 Å². The quantitative estimate of drug-likeness (QED) is 0.199. The Kier molecular flexibility index (Phi) is 9.92. The number of carboxylic acids is 1. The Hall–Kier alpha value is -4.43. The molecule has 3 aromatic carbocycles. The Morgan fingerprint density at radius 3 is 2.29 bits per heavy atom. The second-order valence-corrected chi connectivity index (χ2v) is 10.2. The molecule has 1 atom stereocenters. The van der Waals surface area contributed by atoms with E-state index in [0.29, 0.717) is 31.1 Å². The minimum absolute atomic E-state index is 0.0262. The third-order valence-corrected chi connectivity index (χ3v) is 6.62. The van der Waals surface area contributed by atoms with Gasteiger partial charge in [-0.2, -0.15) is 0 Å². The van der Waals surface area contributed by atoms with Crippen LogP contribution in [0.3, 0.4) is 0 Å². The smallest absolute Gasteiger partial charge is 0.323 e. The molecule has 0 aliphatic heterocycles. The lowest BCUT2D eigenvalue weighted by molar-refractivity contribution is -0.149. The fourth-order valence-electron chi connectivity index (χ4n) is 4.49. The molecule has 214 valence electrons. The van der Waals surface area contributed by atoms with Crippen molar-refractivity contribution in [3.05, 3.63) is 95.4 Å². The Bertz CT molecular complexity index is 1460. The van der Waals surface area contributed by atoms with E-state index in [1.165, 1.54) is 0 Å². The molecular formula is C33H36N2O6. The molecule has 8 heteroatoms. The van der Waals surface area contributed by atoms with E-state index in [-0.39, 0.29) is 18.9 Å². The number of nitrogens with two attached hydrogens (primary N) is 1. The lowest BCUT2D eigenvalue weighted by Gasteiger charge is -2.17. The number of carbonyl (C=O) groups is 2. The zero-order valence-electron chi connectivity index (χ0n) is 23.6. The second kappa shape index (κ2) is 13.8. The zero-order chi connectivity index (χ0) is 29.4. The molecule has 0 saturated carbocycles. The molecule has 1 heterocycles. The van der Waals surface area contributed by atoms with Crippen molar-refractivity contribution in [2.75, 3.05) is 6.61 Å². The molecule has 3 N–H and O–H groups in total. The molecule has 0 saturated heterocycles. The second-order valence-electron chi connectivity index (χ2n) is 10.2. The summed E-state index contributed by atoms with van der Waals surface area (Å²) in [5.74, 6) is 0.498. The highest BCUT2D eigenvalue weighted by atomic mass is 16.5. The number of hydrogen-bond acceptors (Lipinski definition) is 7. The molecule has 0 bridgehead atoms. The summed E-state index contributed by atoms with van der Waals surface area (Å²) in [4.78, 5) is 28.1. The largest absolute Gasteiger partial charge is 0.493 e. The van der Waals surface area contributed by atoms with Gasteiger partial charge in [0.2, 0.25) is 5.89 Å². The number of oxazole rings is 1. The van der Waals surface area contributed by atoms with Gasteiger partial charge >= 0.3 is 11.9 Å². The summed E-state index contributed by atoms with van der Waals surface area (Å²) in [6, 6.07) is 22.9. The SMILES string of the molecule is Cc1oc(-c2ccc(-c3ccccc3)cc2)nc1CCOc1ccc(CCC(=O)O)c(CC(N)C(=O)OC(C)C)c1. The maximum absolute atomic E-state index is 12.3. The lowest BCUT2D eigenvalue weighted by atomic mass is 9.97. The molecule has 0 amide bonds. The lowest BCUT2D eigenvalue weighted by Crippen LogP contribution is -2.36. The molecule has 0 aliphatic carbocycles. The topological polar surface area (TPSA) is 125 Å². The monoisotopic (exact) mass is 556 g/mol. The summed E-state index contributed by atoms with van der Waals surface area (Å²) >= 11 is 0. The Balaban J connectivity index is 1.41. The van der Waals surface area contributed by atoms with Crippen molar-refractivity contribution in [2.24, 2.45) is 5.73 Å². The molecule has 4 aromatic rings. The summed E-state index contributed by atoms with van der Waals surface area (Å²) in [6.45, 7) is 5.77. The van der Waals surface area contributed by atoms with E-state index >= 15 is 0 Å². The Labute approximate surface area is 240 Å². The van der Waals surface area contributed by atoms with Crippen LogP contribution in [-0.2, 0) is 33.6 Å². The van der Waals surface area contributed by atoms with Gasteiger partial charge in [0.25, 0.3) is 0 Å². The normalized spacial score (nSPS) is 11.8. The number of rotatable bonds is 13. The van der Waals surface area contributed by atoms with Crippen molar-refractivity contribution in [3.63, 3.8) is 0 Å². The van der Waals surface area contributed by atoms with Crippen LogP contribution in [0.1, 0.15) is 42.8 Å². The number of hydrogen-bond donors (Lipinski definition) is 2. The number of benzene rings is 3. The molecule has 1 aromatic heterocycles. The fraction of sp³-hybridized carbons (Fsp3) is 0.303. The van der Waals surface area contributed by atoms with Crippen LogP contribution in [0.5, 0.6) is 5.75 Å². The number of aliphatic carboxylic acids is 1. The van der Waals surface area contributed by atoms with E-state index in [9.17, 15) is 9.59 Å². The van der Waals surface area contributed by atoms with Crippen molar-refractivity contribution in [3.8, 4) is 28.3 Å². The molecule has 8 nitrogen and oxygen atoms in total. The zero-order valence-corrected chi connectivity index (χ0v) is 23.6. The highest BCUT2D eigenvalue weighted by Crippen LogP contribution is 2.27. The van der Waals surface area contributed by atoms with Gasteiger partial charge in [-0.05, 0) is 80.1 Å². The van der Waals surface area contributed by atoms with Crippen LogP contribution in [0.15, 0.2) is 77.2 Å². The van der Waals surface area contributed by atoms with E-state index in [4.69, 9.17) is 29.7 Å². The minimum Gasteiger partial charge on any atom is -0.493 e. The number of aryl methyl sites for hydroxylation is 2.